The van der Waals surface area contributed by atoms with E-state index in [1.807, 2.05) is 66.7 Å². The quantitative estimate of drug-likeness (QED) is 0.206. The Morgan fingerprint density at radius 1 is 0.279 bits per heavy atom. The van der Waals surface area contributed by atoms with Gasteiger partial charge in [-0.3, -0.25) is 0 Å². The smallest absolute Gasteiger partial charge is 0.164 e. The average Bonchev–Trinajstić information content (AvgIpc) is 3.09. The summed E-state index contributed by atoms with van der Waals surface area (Å²) in [5, 5.41) is 0. The van der Waals surface area contributed by atoms with Crippen LogP contribution >= 0.6 is 0 Å². The lowest BCUT2D eigenvalue weighted by Crippen LogP contribution is -2.00. The van der Waals surface area contributed by atoms with Gasteiger partial charge in [0.2, 0.25) is 0 Å². The van der Waals surface area contributed by atoms with Crippen LogP contribution in [0.2, 0.25) is 0 Å². The van der Waals surface area contributed by atoms with Gasteiger partial charge in [0.1, 0.15) is 0 Å². The van der Waals surface area contributed by atoms with E-state index in [0.29, 0.717) is 17.5 Å². The highest BCUT2D eigenvalue weighted by atomic mass is 15.0. The third-order valence-corrected chi connectivity index (χ3v) is 7.58. The first kappa shape index (κ1) is 26.2. The second-order valence-corrected chi connectivity index (χ2v) is 10.7. The van der Waals surface area contributed by atoms with E-state index in [2.05, 4.69) is 97.9 Å². The topological polar surface area (TPSA) is 38.7 Å². The van der Waals surface area contributed by atoms with Crippen LogP contribution in [0.1, 0.15) is 5.56 Å². The highest BCUT2D eigenvalue weighted by Crippen LogP contribution is 2.35. The van der Waals surface area contributed by atoms with E-state index in [0.717, 1.165) is 38.9 Å². The molecule has 0 unspecified atom stereocenters. The van der Waals surface area contributed by atoms with E-state index in [4.69, 9.17) is 15.0 Å². The normalized spacial score (nSPS) is 10.9. The molecule has 0 saturated heterocycles. The van der Waals surface area contributed by atoms with Crippen molar-refractivity contribution in [3.05, 3.63) is 163 Å². The standard InChI is InChI=1S/C40H29N3/c1-28-20-22-30(23-21-28)35-25-36(34-19-11-18-33(24-34)29-12-5-2-6-13-29)27-37(26-35)40-42-38(31-14-7-3-8-15-31)41-39(43-40)32-16-9-4-10-17-32/h2-27H,1H3. The van der Waals surface area contributed by atoms with Crippen LogP contribution < -0.4 is 0 Å². The monoisotopic (exact) mass is 551 g/mol. The Hall–Kier alpha value is -5.67. The lowest BCUT2D eigenvalue weighted by Gasteiger charge is -2.13. The maximum atomic E-state index is 5.03. The molecule has 7 rings (SSSR count). The van der Waals surface area contributed by atoms with Gasteiger partial charge in [0.05, 0.1) is 0 Å². The van der Waals surface area contributed by atoms with Crippen LogP contribution in [0, 0.1) is 6.92 Å². The Morgan fingerprint density at radius 3 is 1.16 bits per heavy atom. The van der Waals surface area contributed by atoms with Crippen molar-refractivity contribution in [3.63, 3.8) is 0 Å². The van der Waals surface area contributed by atoms with Crippen LogP contribution in [0.25, 0.3) is 67.5 Å². The molecular weight excluding hydrogens is 522 g/mol. The van der Waals surface area contributed by atoms with Crippen LogP contribution in [0.3, 0.4) is 0 Å². The Labute approximate surface area is 252 Å². The first-order chi connectivity index (χ1) is 21.2. The zero-order chi connectivity index (χ0) is 29.0. The van der Waals surface area contributed by atoms with E-state index in [9.17, 15) is 0 Å². The summed E-state index contributed by atoms with van der Waals surface area (Å²) in [5.41, 5.74) is 10.9. The molecule has 7 aromatic rings. The Bertz CT molecular complexity index is 1940. The van der Waals surface area contributed by atoms with Gasteiger partial charge in [0.15, 0.2) is 17.5 Å². The molecule has 204 valence electrons. The van der Waals surface area contributed by atoms with Crippen molar-refractivity contribution in [2.24, 2.45) is 0 Å². The molecule has 1 heterocycles. The van der Waals surface area contributed by atoms with Crippen molar-refractivity contribution < 1.29 is 0 Å². The fraction of sp³-hybridized carbons (Fsp3) is 0.0250. The lowest BCUT2D eigenvalue weighted by atomic mass is 9.93. The number of hydrogen-bond donors (Lipinski definition) is 0. The predicted molar refractivity (Wildman–Crippen MR) is 177 cm³/mol. The minimum Gasteiger partial charge on any atom is -0.208 e. The van der Waals surface area contributed by atoms with Gasteiger partial charge in [-0.05, 0) is 64.6 Å². The molecule has 0 amide bonds. The van der Waals surface area contributed by atoms with Crippen LogP contribution in [0.5, 0.6) is 0 Å². The summed E-state index contributed by atoms with van der Waals surface area (Å²) >= 11 is 0. The first-order valence-corrected chi connectivity index (χ1v) is 14.4. The number of aryl methyl sites for hydroxylation is 1. The van der Waals surface area contributed by atoms with Crippen molar-refractivity contribution in [3.8, 4) is 67.5 Å². The number of benzene rings is 6. The molecule has 1 aromatic heterocycles. The molecule has 3 heteroatoms. The summed E-state index contributed by atoms with van der Waals surface area (Å²) in [7, 11) is 0. The maximum Gasteiger partial charge on any atom is 0.164 e. The molecule has 3 nitrogen and oxygen atoms in total. The molecule has 6 aromatic carbocycles. The van der Waals surface area contributed by atoms with Crippen molar-refractivity contribution in [1.29, 1.82) is 0 Å². The first-order valence-electron chi connectivity index (χ1n) is 14.4. The lowest BCUT2D eigenvalue weighted by molar-refractivity contribution is 1.07. The Morgan fingerprint density at radius 2 is 0.628 bits per heavy atom. The van der Waals surface area contributed by atoms with Crippen molar-refractivity contribution in [2.75, 3.05) is 0 Å². The average molecular weight is 552 g/mol. The third kappa shape index (κ3) is 5.74. The summed E-state index contributed by atoms with van der Waals surface area (Å²) in [6.45, 7) is 2.11. The highest BCUT2D eigenvalue weighted by Gasteiger charge is 2.15. The molecule has 0 fully saturated rings. The minimum absolute atomic E-state index is 0.641. The number of nitrogens with zero attached hydrogens (tertiary/aromatic N) is 3. The fourth-order valence-electron chi connectivity index (χ4n) is 5.28. The predicted octanol–water partition coefficient (Wildman–Crippen LogP) is 10.2. The third-order valence-electron chi connectivity index (χ3n) is 7.58. The summed E-state index contributed by atoms with van der Waals surface area (Å²) in [6, 6.07) is 54.7. The van der Waals surface area contributed by atoms with Gasteiger partial charge in [-0.15, -0.1) is 0 Å². The van der Waals surface area contributed by atoms with E-state index in [1.54, 1.807) is 0 Å². The highest BCUT2D eigenvalue weighted by molar-refractivity contribution is 5.82. The summed E-state index contributed by atoms with van der Waals surface area (Å²) in [4.78, 5) is 14.9. The fourth-order valence-corrected chi connectivity index (χ4v) is 5.28. The minimum atomic E-state index is 0.641. The van der Waals surface area contributed by atoms with Crippen molar-refractivity contribution in [2.45, 2.75) is 6.92 Å². The van der Waals surface area contributed by atoms with Gasteiger partial charge in [-0.1, -0.05) is 139 Å². The molecule has 0 aliphatic heterocycles. The van der Waals surface area contributed by atoms with Crippen LogP contribution in [-0.2, 0) is 0 Å². The zero-order valence-electron chi connectivity index (χ0n) is 23.9. The second-order valence-electron chi connectivity index (χ2n) is 10.7. The second kappa shape index (κ2) is 11.7. The van der Waals surface area contributed by atoms with Crippen molar-refractivity contribution >= 4 is 0 Å². The number of hydrogen-bond acceptors (Lipinski definition) is 3. The van der Waals surface area contributed by atoms with Gasteiger partial charge >= 0.3 is 0 Å². The maximum absolute atomic E-state index is 5.03. The number of rotatable bonds is 6. The molecule has 0 aliphatic carbocycles. The van der Waals surface area contributed by atoms with Gasteiger partial charge in [0, 0.05) is 16.7 Å². The molecule has 0 aliphatic rings. The van der Waals surface area contributed by atoms with E-state index in [1.165, 1.54) is 16.7 Å². The van der Waals surface area contributed by atoms with Gasteiger partial charge < -0.3 is 0 Å². The molecular formula is C40H29N3. The zero-order valence-corrected chi connectivity index (χ0v) is 23.9. The Kier molecular flexibility index (Phi) is 7.12. The SMILES string of the molecule is Cc1ccc(-c2cc(-c3cccc(-c4ccccc4)c3)cc(-c3nc(-c4ccccc4)nc(-c4ccccc4)n3)c2)cc1. The van der Waals surface area contributed by atoms with E-state index in [-0.39, 0.29) is 0 Å². The summed E-state index contributed by atoms with van der Waals surface area (Å²) < 4.78 is 0. The molecule has 0 radical (unpaired) electrons. The van der Waals surface area contributed by atoms with E-state index >= 15 is 0 Å². The summed E-state index contributed by atoms with van der Waals surface area (Å²) in [5.74, 6) is 1.94. The molecule has 0 atom stereocenters. The largest absolute Gasteiger partial charge is 0.208 e. The van der Waals surface area contributed by atoms with Crippen LogP contribution in [-0.4, -0.2) is 15.0 Å². The van der Waals surface area contributed by atoms with Crippen LogP contribution in [0.15, 0.2) is 158 Å². The molecule has 0 spiro atoms. The molecule has 0 saturated carbocycles. The van der Waals surface area contributed by atoms with Crippen LogP contribution in [0.4, 0.5) is 0 Å². The Balaban J connectivity index is 1.43. The number of aromatic nitrogens is 3. The molecule has 43 heavy (non-hydrogen) atoms. The molecule has 0 N–H and O–H groups in total. The van der Waals surface area contributed by atoms with Gasteiger partial charge in [0.25, 0.3) is 0 Å². The van der Waals surface area contributed by atoms with Crippen molar-refractivity contribution in [1.82, 2.24) is 15.0 Å². The van der Waals surface area contributed by atoms with Gasteiger partial charge in [-0.25, -0.2) is 15.0 Å². The molecule has 0 bridgehead atoms. The van der Waals surface area contributed by atoms with Gasteiger partial charge in [-0.2, -0.15) is 0 Å². The summed E-state index contributed by atoms with van der Waals surface area (Å²) in [6.07, 6.45) is 0. The van der Waals surface area contributed by atoms with E-state index < -0.39 is 0 Å².